The van der Waals surface area contributed by atoms with Crippen LogP contribution in [0.25, 0.3) is 0 Å². The van der Waals surface area contributed by atoms with E-state index in [-0.39, 0.29) is 12.3 Å². The Morgan fingerprint density at radius 2 is 2.00 bits per heavy atom. The molecule has 2 N–H and O–H groups in total. The van der Waals surface area contributed by atoms with E-state index in [0.717, 1.165) is 36.9 Å². The average Bonchev–Trinajstić information content (AvgIpc) is 2.83. The molecular weight excluding hydrogens is 264 g/mol. The Kier molecular flexibility index (Phi) is 4.88. The van der Waals surface area contributed by atoms with E-state index < -0.39 is 5.60 Å². The van der Waals surface area contributed by atoms with Crippen molar-refractivity contribution in [3.8, 4) is 0 Å². The molecule has 21 heavy (non-hydrogen) atoms. The topological polar surface area (TPSA) is 52.6 Å². The first-order valence-electron chi connectivity index (χ1n) is 7.66. The van der Waals surface area contributed by atoms with E-state index in [2.05, 4.69) is 35.3 Å². The van der Waals surface area contributed by atoms with Gasteiger partial charge < -0.3 is 15.3 Å². The third-order valence-electron chi connectivity index (χ3n) is 4.22. The van der Waals surface area contributed by atoms with E-state index in [0.29, 0.717) is 6.54 Å². The number of anilines is 1. The van der Waals surface area contributed by atoms with Gasteiger partial charge in [0.15, 0.2) is 0 Å². The van der Waals surface area contributed by atoms with Crippen molar-refractivity contribution < 1.29 is 9.90 Å². The SMILES string of the molecule is Cc1ccc(CNC(=O)CC2(O)CCCC2)c(N(C)C)c1. The molecule has 0 spiro atoms. The summed E-state index contributed by atoms with van der Waals surface area (Å²) in [7, 11) is 4.00. The van der Waals surface area contributed by atoms with E-state index in [4.69, 9.17) is 0 Å². The quantitative estimate of drug-likeness (QED) is 0.875. The minimum absolute atomic E-state index is 0.0651. The molecule has 1 fully saturated rings. The average molecular weight is 290 g/mol. The second-order valence-corrected chi connectivity index (χ2v) is 6.41. The van der Waals surface area contributed by atoms with E-state index in [1.165, 1.54) is 5.56 Å². The third kappa shape index (κ3) is 4.21. The lowest BCUT2D eigenvalue weighted by Crippen LogP contribution is -2.34. The summed E-state index contributed by atoms with van der Waals surface area (Å²) in [6.45, 7) is 2.56. The summed E-state index contributed by atoms with van der Waals surface area (Å²) in [4.78, 5) is 14.1. The Hall–Kier alpha value is -1.55. The van der Waals surface area contributed by atoms with Gasteiger partial charge in [-0.3, -0.25) is 4.79 Å². The fourth-order valence-corrected chi connectivity index (χ4v) is 3.00. The Bertz CT molecular complexity index is 506. The molecule has 1 aromatic rings. The van der Waals surface area contributed by atoms with Crippen LogP contribution in [0.3, 0.4) is 0 Å². The monoisotopic (exact) mass is 290 g/mol. The summed E-state index contributed by atoms with van der Waals surface area (Å²) >= 11 is 0. The van der Waals surface area contributed by atoms with Crippen molar-refractivity contribution in [2.75, 3.05) is 19.0 Å². The summed E-state index contributed by atoms with van der Waals surface area (Å²) < 4.78 is 0. The fraction of sp³-hybridized carbons (Fsp3) is 0.588. The highest BCUT2D eigenvalue weighted by Crippen LogP contribution is 2.32. The normalized spacial score (nSPS) is 16.8. The Balaban J connectivity index is 1.95. The lowest BCUT2D eigenvalue weighted by Gasteiger charge is -2.22. The summed E-state index contributed by atoms with van der Waals surface area (Å²) in [6, 6.07) is 6.22. The van der Waals surface area contributed by atoms with Gasteiger partial charge in [-0.25, -0.2) is 0 Å². The Morgan fingerprint density at radius 1 is 1.33 bits per heavy atom. The van der Waals surface area contributed by atoms with Crippen molar-refractivity contribution in [3.05, 3.63) is 29.3 Å². The Morgan fingerprint density at radius 3 is 2.62 bits per heavy atom. The van der Waals surface area contributed by atoms with Gasteiger partial charge in [0, 0.05) is 26.3 Å². The molecule has 2 rings (SSSR count). The number of nitrogens with one attached hydrogen (secondary N) is 1. The molecule has 0 atom stereocenters. The molecule has 1 aliphatic rings. The van der Waals surface area contributed by atoms with E-state index in [1.54, 1.807) is 0 Å². The molecular formula is C17H26N2O2. The summed E-state index contributed by atoms with van der Waals surface area (Å²) in [6.07, 6.45) is 3.75. The molecule has 0 saturated heterocycles. The van der Waals surface area contributed by atoms with Crippen LogP contribution < -0.4 is 10.2 Å². The second kappa shape index (κ2) is 6.48. The smallest absolute Gasteiger partial charge is 0.223 e. The van der Waals surface area contributed by atoms with Crippen LogP contribution in [-0.2, 0) is 11.3 Å². The maximum absolute atomic E-state index is 12.0. The number of hydrogen-bond donors (Lipinski definition) is 2. The number of aryl methyl sites for hydroxylation is 1. The predicted octanol–water partition coefficient (Wildman–Crippen LogP) is 2.37. The first kappa shape index (κ1) is 15.8. The number of carbonyl (C=O) groups is 1. The lowest BCUT2D eigenvalue weighted by atomic mass is 9.97. The number of amides is 1. The maximum Gasteiger partial charge on any atom is 0.223 e. The lowest BCUT2D eigenvalue weighted by molar-refractivity contribution is -0.126. The number of hydrogen-bond acceptors (Lipinski definition) is 3. The Labute approximate surface area is 127 Å². The number of rotatable bonds is 5. The van der Waals surface area contributed by atoms with Gasteiger partial charge in [0.2, 0.25) is 5.91 Å². The second-order valence-electron chi connectivity index (χ2n) is 6.41. The number of nitrogens with zero attached hydrogens (tertiary/aromatic N) is 1. The summed E-state index contributed by atoms with van der Waals surface area (Å²) in [5, 5.41) is 13.2. The van der Waals surface area contributed by atoms with E-state index >= 15 is 0 Å². The fourth-order valence-electron chi connectivity index (χ4n) is 3.00. The van der Waals surface area contributed by atoms with Crippen LogP contribution in [0.5, 0.6) is 0 Å². The number of carbonyl (C=O) groups excluding carboxylic acids is 1. The van der Waals surface area contributed by atoms with Crippen molar-refractivity contribution >= 4 is 11.6 Å². The van der Waals surface area contributed by atoms with Crippen molar-refractivity contribution in [1.29, 1.82) is 0 Å². The zero-order chi connectivity index (χ0) is 15.5. The highest BCUT2D eigenvalue weighted by Gasteiger charge is 2.33. The number of benzene rings is 1. The molecule has 4 nitrogen and oxygen atoms in total. The minimum atomic E-state index is -0.776. The third-order valence-corrected chi connectivity index (χ3v) is 4.22. The van der Waals surface area contributed by atoms with Crippen molar-refractivity contribution in [1.82, 2.24) is 5.32 Å². The molecule has 0 radical (unpaired) electrons. The highest BCUT2D eigenvalue weighted by molar-refractivity contribution is 5.77. The molecule has 0 bridgehead atoms. The van der Waals surface area contributed by atoms with Gasteiger partial charge in [-0.1, -0.05) is 25.0 Å². The first-order chi connectivity index (χ1) is 9.89. The van der Waals surface area contributed by atoms with Gasteiger partial charge in [0.05, 0.1) is 12.0 Å². The van der Waals surface area contributed by atoms with Crippen LogP contribution in [0.15, 0.2) is 18.2 Å². The molecule has 0 aromatic heterocycles. The zero-order valence-electron chi connectivity index (χ0n) is 13.3. The molecule has 1 amide bonds. The highest BCUT2D eigenvalue weighted by atomic mass is 16.3. The molecule has 1 aliphatic carbocycles. The first-order valence-corrected chi connectivity index (χ1v) is 7.66. The van der Waals surface area contributed by atoms with Gasteiger partial charge in [0.25, 0.3) is 0 Å². The van der Waals surface area contributed by atoms with Crippen LogP contribution in [-0.4, -0.2) is 30.7 Å². The molecule has 1 aromatic carbocycles. The molecule has 0 heterocycles. The van der Waals surface area contributed by atoms with Gasteiger partial charge in [-0.15, -0.1) is 0 Å². The largest absolute Gasteiger partial charge is 0.389 e. The molecule has 116 valence electrons. The number of aliphatic hydroxyl groups is 1. The zero-order valence-corrected chi connectivity index (χ0v) is 13.3. The van der Waals surface area contributed by atoms with E-state index in [9.17, 15) is 9.90 Å². The van der Waals surface area contributed by atoms with Gasteiger partial charge >= 0.3 is 0 Å². The van der Waals surface area contributed by atoms with Crippen LogP contribution >= 0.6 is 0 Å². The van der Waals surface area contributed by atoms with Gasteiger partial charge in [-0.05, 0) is 37.0 Å². The molecule has 0 aliphatic heterocycles. The van der Waals surface area contributed by atoms with Gasteiger partial charge in [0.1, 0.15) is 0 Å². The maximum atomic E-state index is 12.0. The van der Waals surface area contributed by atoms with Crippen molar-refractivity contribution in [3.63, 3.8) is 0 Å². The standard InChI is InChI=1S/C17H26N2O2/c1-13-6-7-14(15(10-13)19(2)3)12-18-16(20)11-17(21)8-4-5-9-17/h6-7,10,21H,4-5,8-9,11-12H2,1-3H3,(H,18,20). The van der Waals surface area contributed by atoms with Crippen LogP contribution in [0.2, 0.25) is 0 Å². The van der Waals surface area contributed by atoms with Crippen LogP contribution in [0.4, 0.5) is 5.69 Å². The minimum Gasteiger partial charge on any atom is -0.389 e. The predicted molar refractivity (Wildman–Crippen MR) is 85.4 cm³/mol. The van der Waals surface area contributed by atoms with Gasteiger partial charge in [-0.2, -0.15) is 0 Å². The van der Waals surface area contributed by atoms with Crippen molar-refractivity contribution in [2.24, 2.45) is 0 Å². The molecule has 0 unspecified atom stereocenters. The van der Waals surface area contributed by atoms with E-state index in [1.807, 2.05) is 14.1 Å². The van der Waals surface area contributed by atoms with Crippen molar-refractivity contribution in [2.45, 2.75) is 51.2 Å². The summed E-state index contributed by atoms with van der Waals surface area (Å²) in [5.74, 6) is -0.0651. The summed E-state index contributed by atoms with van der Waals surface area (Å²) in [5.41, 5.74) is 2.64. The molecule has 1 saturated carbocycles. The molecule has 4 heteroatoms. The van der Waals surface area contributed by atoms with Crippen LogP contribution in [0.1, 0.15) is 43.2 Å². The van der Waals surface area contributed by atoms with Crippen LogP contribution in [0, 0.1) is 6.92 Å².